The monoisotopic (exact) mass is 323 g/mol. The van der Waals surface area contributed by atoms with Gasteiger partial charge >= 0.3 is 0 Å². The highest BCUT2D eigenvalue weighted by molar-refractivity contribution is 6.01. The predicted octanol–water partition coefficient (Wildman–Crippen LogP) is 2.46. The van der Waals surface area contributed by atoms with E-state index in [1.165, 1.54) is 0 Å². The van der Waals surface area contributed by atoms with Crippen LogP contribution in [0.25, 0.3) is 0 Å². The molecule has 0 radical (unpaired) electrons. The average Bonchev–Trinajstić information content (AvgIpc) is 2.78. The molecule has 24 heavy (non-hydrogen) atoms. The lowest BCUT2D eigenvalue weighted by atomic mass is 10.1. The van der Waals surface area contributed by atoms with Crippen molar-refractivity contribution in [2.24, 2.45) is 0 Å². The first-order valence-electron chi connectivity index (χ1n) is 8.23. The molecule has 2 amide bonds. The van der Waals surface area contributed by atoms with Gasteiger partial charge in [0.05, 0.1) is 0 Å². The molecule has 124 valence electrons. The number of carbonyl (C=O) groups is 2. The van der Waals surface area contributed by atoms with Gasteiger partial charge in [-0.15, -0.1) is 0 Å². The van der Waals surface area contributed by atoms with Crippen molar-refractivity contribution in [2.45, 2.75) is 38.8 Å². The molecule has 0 bridgehead atoms. The molecule has 0 saturated carbocycles. The van der Waals surface area contributed by atoms with Crippen LogP contribution in [0.4, 0.5) is 5.69 Å². The third kappa shape index (κ3) is 3.45. The summed E-state index contributed by atoms with van der Waals surface area (Å²) in [6.45, 7) is 2.18. The van der Waals surface area contributed by atoms with Crippen molar-refractivity contribution in [3.05, 3.63) is 59.9 Å². The lowest BCUT2D eigenvalue weighted by Gasteiger charge is -2.28. The summed E-state index contributed by atoms with van der Waals surface area (Å²) in [7, 11) is 0. The van der Waals surface area contributed by atoms with Crippen molar-refractivity contribution in [3.63, 3.8) is 0 Å². The fraction of sp³-hybridized carbons (Fsp3) is 0.316. The fourth-order valence-corrected chi connectivity index (χ4v) is 3.02. The van der Waals surface area contributed by atoms with Crippen molar-refractivity contribution < 1.29 is 9.59 Å². The minimum Gasteiger partial charge on any atom is -0.350 e. The number of amides is 2. The van der Waals surface area contributed by atoms with E-state index in [2.05, 4.69) is 10.3 Å². The summed E-state index contributed by atoms with van der Waals surface area (Å²) < 4.78 is 0. The summed E-state index contributed by atoms with van der Waals surface area (Å²) in [6, 6.07) is 11.0. The van der Waals surface area contributed by atoms with Gasteiger partial charge in [0.1, 0.15) is 6.04 Å². The Balaban J connectivity index is 1.76. The summed E-state index contributed by atoms with van der Waals surface area (Å²) >= 11 is 0. The molecule has 1 aliphatic heterocycles. The summed E-state index contributed by atoms with van der Waals surface area (Å²) in [5.41, 5.74) is 2.90. The Morgan fingerprint density at radius 2 is 2.08 bits per heavy atom. The van der Waals surface area contributed by atoms with Crippen molar-refractivity contribution in [1.82, 2.24) is 10.3 Å². The quantitative estimate of drug-likeness (QED) is 0.940. The zero-order valence-electron chi connectivity index (χ0n) is 13.7. The van der Waals surface area contributed by atoms with Crippen molar-refractivity contribution in [2.75, 3.05) is 4.90 Å². The first kappa shape index (κ1) is 16.2. The Morgan fingerprint density at radius 3 is 2.88 bits per heavy atom. The minimum absolute atomic E-state index is 0.00368. The van der Waals surface area contributed by atoms with E-state index in [1.807, 2.05) is 36.4 Å². The number of hydrogen-bond acceptors (Lipinski definition) is 3. The summed E-state index contributed by atoms with van der Waals surface area (Å²) in [4.78, 5) is 30.8. The molecule has 2 aromatic rings. The maximum absolute atomic E-state index is 12.6. The van der Waals surface area contributed by atoms with Gasteiger partial charge in [-0.2, -0.15) is 0 Å². The van der Waals surface area contributed by atoms with Gasteiger partial charge in [0.25, 0.3) is 0 Å². The first-order chi connectivity index (χ1) is 11.7. The molecule has 1 aromatic carbocycles. The molecule has 1 N–H and O–H groups in total. The summed E-state index contributed by atoms with van der Waals surface area (Å²) in [6.07, 6.45) is 5.56. The van der Waals surface area contributed by atoms with Gasteiger partial charge in [0, 0.05) is 31.0 Å². The predicted molar refractivity (Wildman–Crippen MR) is 92.4 cm³/mol. The molecule has 5 nitrogen and oxygen atoms in total. The molecule has 2 heterocycles. The van der Waals surface area contributed by atoms with Gasteiger partial charge in [-0.25, -0.2) is 0 Å². The smallest absolute Gasteiger partial charge is 0.243 e. The van der Waals surface area contributed by atoms with E-state index >= 15 is 0 Å². The number of nitrogens with one attached hydrogen (secondary N) is 1. The van der Waals surface area contributed by atoms with Crippen LogP contribution in [-0.4, -0.2) is 22.8 Å². The van der Waals surface area contributed by atoms with Crippen LogP contribution in [0.15, 0.2) is 48.8 Å². The zero-order valence-corrected chi connectivity index (χ0v) is 13.7. The molecule has 3 rings (SSSR count). The molecule has 1 atom stereocenters. The molecule has 0 fully saturated rings. The molecule has 1 aromatic heterocycles. The van der Waals surface area contributed by atoms with Gasteiger partial charge in [-0.05, 0) is 43.0 Å². The SMILES string of the molecule is CC(C(=O)NCc1cccnc1)N1C(=O)CCCc2ccccc21. The largest absolute Gasteiger partial charge is 0.350 e. The van der Waals surface area contributed by atoms with Gasteiger partial charge in [-0.3, -0.25) is 19.5 Å². The molecule has 1 aliphatic rings. The third-order valence-electron chi connectivity index (χ3n) is 4.31. The van der Waals surface area contributed by atoms with Crippen LogP contribution in [0.3, 0.4) is 0 Å². The molecule has 1 unspecified atom stereocenters. The lowest BCUT2D eigenvalue weighted by Crippen LogP contribution is -2.48. The van der Waals surface area contributed by atoms with Gasteiger partial charge in [-0.1, -0.05) is 24.3 Å². The highest BCUT2D eigenvalue weighted by Crippen LogP contribution is 2.28. The van der Waals surface area contributed by atoms with E-state index in [9.17, 15) is 9.59 Å². The summed E-state index contributed by atoms with van der Waals surface area (Å²) in [5.74, 6) is -0.159. The Kier molecular flexibility index (Phi) is 4.89. The van der Waals surface area contributed by atoms with E-state index in [4.69, 9.17) is 0 Å². The van der Waals surface area contributed by atoms with Gasteiger partial charge < -0.3 is 5.32 Å². The first-order valence-corrected chi connectivity index (χ1v) is 8.23. The van der Waals surface area contributed by atoms with E-state index in [1.54, 1.807) is 24.2 Å². The number of hydrogen-bond donors (Lipinski definition) is 1. The fourth-order valence-electron chi connectivity index (χ4n) is 3.02. The number of aryl methyl sites for hydroxylation is 1. The Labute approximate surface area is 141 Å². The zero-order chi connectivity index (χ0) is 16.9. The van der Waals surface area contributed by atoms with Gasteiger partial charge in [0.2, 0.25) is 11.8 Å². The second-order valence-corrected chi connectivity index (χ2v) is 6.00. The van der Waals surface area contributed by atoms with Crippen molar-refractivity contribution in [3.8, 4) is 0 Å². The van der Waals surface area contributed by atoms with Crippen LogP contribution < -0.4 is 10.2 Å². The maximum Gasteiger partial charge on any atom is 0.243 e. The number of para-hydroxylation sites is 1. The van der Waals surface area contributed by atoms with Crippen LogP contribution in [0.2, 0.25) is 0 Å². The molecule has 0 saturated heterocycles. The Morgan fingerprint density at radius 1 is 1.25 bits per heavy atom. The summed E-state index contributed by atoms with van der Waals surface area (Å²) in [5, 5.41) is 2.89. The number of rotatable bonds is 4. The molecule has 5 heteroatoms. The van der Waals surface area contributed by atoms with E-state index in [0.29, 0.717) is 13.0 Å². The standard InChI is InChI=1S/C19H21N3O2/c1-14(19(24)21-13-15-6-5-11-20-12-15)22-17-9-3-2-7-16(17)8-4-10-18(22)23/h2-3,5-7,9,11-12,14H,4,8,10,13H2,1H3,(H,21,24). The topological polar surface area (TPSA) is 62.3 Å². The van der Waals surface area contributed by atoms with Gasteiger partial charge in [0.15, 0.2) is 0 Å². The normalized spacial score (nSPS) is 15.4. The van der Waals surface area contributed by atoms with Crippen molar-refractivity contribution >= 4 is 17.5 Å². The highest BCUT2D eigenvalue weighted by Gasteiger charge is 2.30. The highest BCUT2D eigenvalue weighted by atomic mass is 16.2. The third-order valence-corrected chi connectivity index (χ3v) is 4.31. The van der Waals surface area contributed by atoms with Crippen molar-refractivity contribution in [1.29, 1.82) is 0 Å². The lowest BCUT2D eigenvalue weighted by molar-refractivity contribution is -0.126. The number of aromatic nitrogens is 1. The number of nitrogens with zero attached hydrogens (tertiary/aromatic N) is 2. The molecule has 0 aliphatic carbocycles. The van der Waals surface area contributed by atoms with Crippen LogP contribution >= 0.6 is 0 Å². The number of fused-ring (bicyclic) bond motifs is 1. The Hall–Kier alpha value is -2.69. The van der Waals surface area contributed by atoms with Crippen LogP contribution in [0.5, 0.6) is 0 Å². The second-order valence-electron chi connectivity index (χ2n) is 6.00. The molecular weight excluding hydrogens is 302 g/mol. The Bertz CT molecular complexity index is 730. The van der Waals surface area contributed by atoms with Crippen LogP contribution in [0.1, 0.15) is 30.9 Å². The second kappa shape index (κ2) is 7.25. The maximum atomic E-state index is 12.6. The number of pyridine rings is 1. The van der Waals surface area contributed by atoms with E-state index < -0.39 is 6.04 Å². The van der Waals surface area contributed by atoms with Crippen LogP contribution in [-0.2, 0) is 22.6 Å². The van der Waals surface area contributed by atoms with Crippen LogP contribution in [0, 0.1) is 0 Å². The minimum atomic E-state index is -0.548. The number of anilines is 1. The molecular formula is C19H21N3O2. The molecule has 0 spiro atoms. The average molecular weight is 323 g/mol. The number of carbonyl (C=O) groups excluding carboxylic acids is 2. The van der Waals surface area contributed by atoms with E-state index in [0.717, 1.165) is 29.7 Å². The number of benzene rings is 1. The van der Waals surface area contributed by atoms with E-state index in [-0.39, 0.29) is 11.8 Å².